The molecule has 0 aromatic carbocycles. The van der Waals surface area contributed by atoms with Gasteiger partial charge in [-0.2, -0.15) is 0 Å². The molecule has 0 spiro atoms. The molecular weight excluding hydrogens is 236 g/mol. The van der Waals surface area contributed by atoms with E-state index < -0.39 is 11.9 Å². The van der Waals surface area contributed by atoms with Crippen LogP contribution in [0.2, 0.25) is 0 Å². The van der Waals surface area contributed by atoms with Gasteiger partial charge in [-0.1, -0.05) is 0 Å². The zero-order chi connectivity index (χ0) is 13.1. The van der Waals surface area contributed by atoms with E-state index in [1.54, 1.807) is 0 Å². The lowest BCUT2D eigenvalue weighted by Gasteiger charge is -2.15. The van der Waals surface area contributed by atoms with Crippen LogP contribution in [0.5, 0.6) is 0 Å². The molecule has 0 saturated heterocycles. The lowest BCUT2D eigenvalue weighted by Crippen LogP contribution is -2.38. The Kier molecular flexibility index (Phi) is 3.45. The van der Waals surface area contributed by atoms with Gasteiger partial charge in [-0.3, -0.25) is 14.4 Å². The van der Waals surface area contributed by atoms with Gasteiger partial charge in [0.15, 0.2) is 0 Å². The molecule has 6 heteroatoms. The minimum Gasteiger partial charge on any atom is -0.481 e. The molecule has 0 radical (unpaired) electrons. The number of rotatable bonds is 5. The second-order valence-electron chi connectivity index (χ2n) is 4.46. The molecule has 18 heavy (non-hydrogen) atoms. The molecule has 1 aromatic rings. The van der Waals surface area contributed by atoms with Crippen molar-refractivity contribution in [3.63, 3.8) is 0 Å². The van der Waals surface area contributed by atoms with Crippen LogP contribution in [0, 0.1) is 5.92 Å². The van der Waals surface area contributed by atoms with Gasteiger partial charge in [0, 0.05) is 23.9 Å². The molecule has 3 N–H and O–H groups in total. The number of H-pyrrole nitrogens is 1. The molecule has 2 rings (SSSR count). The van der Waals surface area contributed by atoms with Crippen LogP contribution in [0.1, 0.15) is 29.6 Å². The van der Waals surface area contributed by atoms with Crippen molar-refractivity contribution in [1.29, 1.82) is 0 Å². The maximum atomic E-state index is 11.9. The van der Waals surface area contributed by atoms with Gasteiger partial charge in [0.25, 0.3) is 5.91 Å². The fraction of sp³-hybridized carbons (Fsp3) is 0.417. The average Bonchev–Trinajstić information content (AvgIpc) is 3.11. The summed E-state index contributed by atoms with van der Waals surface area (Å²) in [6.07, 6.45) is 3.18. The Morgan fingerprint density at radius 3 is 2.78 bits per heavy atom. The molecule has 1 heterocycles. The summed E-state index contributed by atoms with van der Waals surface area (Å²) in [5, 5.41) is 11.5. The van der Waals surface area contributed by atoms with Crippen molar-refractivity contribution in [2.45, 2.75) is 25.3 Å². The van der Waals surface area contributed by atoms with Crippen molar-refractivity contribution in [2.75, 3.05) is 0 Å². The second kappa shape index (κ2) is 5.03. The van der Waals surface area contributed by atoms with Crippen molar-refractivity contribution in [3.05, 3.63) is 34.2 Å². The molecule has 0 bridgehead atoms. The highest BCUT2D eigenvalue weighted by atomic mass is 16.4. The first-order chi connectivity index (χ1) is 8.56. The predicted molar refractivity (Wildman–Crippen MR) is 63.3 cm³/mol. The Morgan fingerprint density at radius 1 is 1.50 bits per heavy atom. The van der Waals surface area contributed by atoms with Gasteiger partial charge in [-0.15, -0.1) is 0 Å². The van der Waals surface area contributed by atoms with Crippen molar-refractivity contribution in [2.24, 2.45) is 5.92 Å². The fourth-order valence-electron chi connectivity index (χ4n) is 1.86. The van der Waals surface area contributed by atoms with E-state index in [9.17, 15) is 14.4 Å². The molecule has 1 aromatic heterocycles. The molecule has 1 atom stereocenters. The van der Waals surface area contributed by atoms with Crippen LogP contribution in [-0.2, 0) is 4.79 Å². The largest absolute Gasteiger partial charge is 0.481 e. The van der Waals surface area contributed by atoms with Crippen molar-refractivity contribution in [3.8, 4) is 0 Å². The van der Waals surface area contributed by atoms with Crippen LogP contribution in [0.4, 0.5) is 0 Å². The van der Waals surface area contributed by atoms with Crippen LogP contribution < -0.4 is 10.9 Å². The zero-order valence-corrected chi connectivity index (χ0v) is 9.68. The molecule has 1 fully saturated rings. The molecule has 1 amide bonds. The van der Waals surface area contributed by atoms with Crippen molar-refractivity contribution in [1.82, 2.24) is 10.3 Å². The third-order valence-corrected chi connectivity index (χ3v) is 2.94. The van der Waals surface area contributed by atoms with Crippen LogP contribution in [0.3, 0.4) is 0 Å². The first kappa shape index (κ1) is 12.3. The standard InChI is InChI=1S/C12H14N2O4/c15-10-5-8(3-4-13-10)12(18)14-9(6-11(16)17)7-1-2-7/h3-5,7,9H,1-2,6H2,(H,13,15)(H,14,18)(H,16,17). The highest BCUT2D eigenvalue weighted by Crippen LogP contribution is 2.34. The predicted octanol–water partition coefficient (Wildman–Crippen LogP) is 0.358. The van der Waals surface area contributed by atoms with E-state index in [2.05, 4.69) is 10.3 Å². The minimum absolute atomic E-state index is 0.0837. The third-order valence-electron chi connectivity index (χ3n) is 2.94. The normalized spacial score (nSPS) is 16.0. The Morgan fingerprint density at radius 2 is 2.22 bits per heavy atom. The average molecular weight is 250 g/mol. The van der Waals surface area contributed by atoms with Crippen molar-refractivity contribution >= 4 is 11.9 Å². The first-order valence-corrected chi connectivity index (χ1v) is 5.77. The molecule has 1 saturated carbocycles. The maximum Gasteiger partial charge on any atom is 0.305 e. The molecular formula is C12H14N2O4. The van der Waals surface area contributed by atoms with Crippen LogP contribution in [0.25, 0.3) is 0 Å². The number of aromatic amines is 1. The Balaban J connectivity index is 2.04. The summed E-state index contributed by atoms with van der Waals surface area (Å²) < 4.78 is 0. The molecule has 1 aliphatic carbocycles. The summed E-state index contributed by atoms with van der Waals surface area (Å²) in [6.45, 7) is 0. The number of hydrogen-bond donors (Lipinski definition) is 3. The summed E-state index contributed by atoms with van der Waals surface area (Å²) >= 11 is 0. The molecule has 1 aliphatic rings. The summed E-state index contributed by atoms with van der Waals surface area (Å²) in [5.74, 6) is -1.09. The molecule has 1 unspecified atom stereocenters. The number of carbonyl (C=O) groups is 2. The van der Waals surface area contributed by atoms with E-state index in [1.165, 1.54) is 18.3 Å². The SMILES string of the molecule is O=C(O)CC(NC(=O)c1cc[nH]c(=O)c1)C1CC1. The summed E-state index contributed by atoms with van der Waals surface area (Å²) in [7, 11) is 0. The summed E-state index contributed by atoms with van der Waals surface area (Å²) in [4.78, 5) is 36.1. The Bertz CT molecular complexity index is 519. The summed E-state index contributed by atoms with van der Waals surface area (Å²) in [6, 6.07) is 2.33. The van der Waals surface area contributed by atoms with Crippen LogP contribution in [0.15, 0.2) is 23.1 Å². The fourth-order valence-corrected chi connectivity index (χ4v) is 1.86. The van der Waals surface area contributed by atoms with Gasteiger partial charge in [-0.05, 0) is 24.8 Å². The number of pyridine rings is 1. The quantitative estimate of drug-likeness (QED) is 0.702. The van der Waals surface area contributed by atoms with E-state index >= 15 is 0 Å². The number of amides is 1. The number of aromatic nitrogens is 1. The van der Waals surface area contributed by atoms with Gasteiger partial charge < -0.3 is 15.4 Å². The van der Waals surface area contributed by atoms with Crippen LogP contribution in [-0.4, -0.2) is 28.0 Å². The third kappa shape index (κ3) is 3.19. The molecule has 0 aliphatic heterocycles. The highest BCUT2D eigenvalue weighted by Gasteiger charge is 2.33. The number of nitrogens with one attached hydrogen (secondary N) is 2. The maximum absolute atomic E-state index is 11.9. The van der Waals surface area contributed by atoms with Crippen molar-refractivity contribution < 1.29 is 14.7 Å². The second-order valence-corrected chi connectivity index (χ2v) is 4.46. The monoisotopic (exact) mass is 250 g/mol. The smallest absolute Gasteiger partial charge is 0.305 e. The van der Waals surface area contributed by atoms with Gasteiger partial charge in [0.2, 0.25) is 5.56 Å². The lowest BCUT2D eigenvalue weighted by atomic mass is 10.1. The molecule has 96 valence electrons. The number of hydrogen-bond acceptors (Lipinski definition) is 3. The topological polar surface area (TPSA) is 99.3 Å². The minimum atomic E-state index is -0.932. The first-order valence-electron chi connectivity index (χ1n) is 5.77. The lowest BCUT2D eigenvalue weighted by molar-refractivity contribution is -0.137. The van der Waals surface area contributed by atoms with Gasteiger partial charge in [0.1, 0.15) is 0 Å². The van der Waals surface area contributed by atoms with E-state index in [0.29, 0.717) is 0 Å². The number of aliphatic carboxylic acids is 1. The Labute approximate surface area is 103 Å². The molecule has 6 nitrogen and oxygen atoms in total. The zero-order valence-electron chi connectivity index (χ0n) is 9.68. The van der Waals surface area contributed by atoms with Gasteiger partial charge >= 0.3 is 5.97 Å². The van der Waals surface area contributed by atoms with Gasteiger partial charge in [-0.25, -0.2) is 0 Å². The number of carboxylic acid groups (broad SMARTS) is 1. The van der Waals surface area contributed by atoms with E-state index in [-0.39, 0.29) is 29.5 Å². The summed E-state index contributed by atoms with van der Waals surface area (Å²) in [5.41, 5.74) is -0.112. The van der Waals surface area contributed by atoms with E-state index in [1.807, 2.05) is 0 Å². The van der Waals surface area contributed by atoms with Gasteiger partial charge in [0.05, 0.1) is 6.42 Å². The van der Waals surface area contributed by atoms with E-state index in [0.717, 1.165) is 12.8 Å². The highest BCUT2D eigenvalue weighted by molar-refractivity contribution is 5.94. The number of carbonyl (C=O) groups excluding carboxylic acids is 1. The van der Waals surface area contributed by atoms with Crippen LogP contribution >= 0.6 is 0 Å². The van der Waals surface area contributed by atoms with E-state index in [4.69, 9.17) is 5.11 Å². The number of carboxylic acids is 1. The Hall–Kier alpha value is -2.11.